The second-order valence-corrected chi connectivity index (χ2v) is 5.18. The molecule has 7 nitrogen and oxygen atoms in total. The molecule has 0 spiro atoms. The van der Waals surface area contributed by atoms with Crippen molar-refractivity contribution in [1.29, 1.82) is 0 Å². The number of carbonyl (C=O) groups excluding carboxylic acids is 2. The average molecular weight is 344 g/mol. The third-order valence-electron chi connectivity index (χ3n) is 3.26. The van der Waals surface area contributed by atoms with Crippen LogP contribution in [0.25, 0.3) is 0 Å². The first-order valence-corrected chi connectivity index (χ1v) is 7.72. The molecule has 0 saturated carbocycles. The fourth-order valence-corrected chi connectivity index (χ4v) is 1.94. The number of hydrogen-bond acceptors (Lipinski definition) is 5. The number of hydrogen-bond donors (Lipinski definition) is 3. The zero-order valence-corrected chi connectivity index (χ0v) is 13.6. The molecular weight excluding hydrogens is 324 g/mol. The van der Waals surface area contributed by atoms with Gasteiger partial charge >= 0.3 is 6.09 Å². The van der Waals surface area contributed by atoms with E-state index in [9.17, 15) is 14.7 Å². The molecule has 2 aromatic carbocycles. The number of rotatable bonds is 8. The van der Waals surface area contributed by atoms with E-state index in [0.29, 0.717) is 0 Å². The fraction of sp³-hybridized carbons (Fsp3) is 0.222. The normalized spacial score (nSPS) is 11.4. The van der Waals surface area contributed by atoms with E-state index < -0.39 is 24.6 Å². The van der Waals surface area contributed by atoms with Crippen LogP contribution in [0.5, 0.6) is 0 Å². The summed E-state index contributed by atoms with van der Waals surface area (Å²) in [5.74, 6) is -0.671. The lowest BCUT2D eigenvalue weighted by atomic mass is 10.2. The Morgan fingerprint density at radius 1 is 0.920 bits per heavy atom. The van der Waals surface area contributed by atoms with Crippen LogP contribution in [0.1, 0.15) is 11.1 Å². The van der Waals surface area contributed by atoms with Gasteiger partial charge in [-0.2, -0.15) is 0 Å². The Kier molecular flexibility index (Phi) is 7.42. The van der Waals surface area contributed by atoms with Crippen molar-refractivity contribution in [3.63, 3.8) is 0 Å². The van der Waals surface area contributed by atoms with E-state index in [1.54, 1.807) is 12.1 Å². The highest BCUT2D eigenvalue weighted by molar-refractivity contribution is 5.84. The van der Waals surface area contributed by atoms with Gasteiger partial charge in [0.05, 0.1) is 13.2 Å². The molecule has 2 rings (SSSR count). The van der Waals surface area contributed by atoms with Crippen molar-refractivity contribution in [1.82, 2.24) is 10.8 Å². The van der Waals surface area contributed by atoms with Crippen LogP contribution in [0.3, 0.4) is 0 Å². The van der Waals surface area contributed by atoms with E-state index >= 15 is 0 Å². The van der Waals surface area contributed by atoms with E-state index in [4.69, 9.17) is 9.57 Å². The number of carbonyl (C=O) groups is 2. The van der Waals surface area contributed by atoms with Crippen LogP contribution in [0, 0.1) is 0 Å². The van der Waals surface area contributed by atoms with Crippen molar-refractivity contribution in [2.24, 2.45) is 0 Å². The SMILES string of the molecule is O=C(NC(CO)C(=O)NOCc1ccccc1)OCc1ccccc1. The van der Waals surface area contributed by atoms with Gasteiger partial charge in [-0.1, -0.05) is 60.7 Å². The molecule has 0 aliphatic heterocycles. The molecular formula is C18H20N2O5. The first kappa shape index (κ1) is 18.4. The van der Waals surface area contributed by atoms with Gasteiger partial charge in [0.15, 0.2) is 0 Å². The number of hydroxylamine groups is 1. The van der Waals surface area contributed by atoms with Crippen molar-refractivity contribution in [2.45, 2.75) is 19.3 Å². The number of ether oxygens (including phenoxy) is 1. The number of aliphatic hydroxyl groups is 1. The lowest BCUT2D eigenvalue weighted by molar-refractivity contribution is -0.137. The van der Waals surface area contributed by atoms with Gasteiger partial charge < -0.3 is 15.2 Å². The molecule has 2 aromatic rings. The molecule has 1 atom stereocenters. The summed E-state index contributed by atoms with van der Waals surface area (Å²) in [5, 5.41) is 11.5. The molecule has 0 bridgehead atoms. The maximum Gasteiger partial charge on any atom is 0.408 e. The lowest BCUT2D eigenvalue weighted by Crippen LogP contribution is -2.48. The maximum atomic E-state index is 11.9. The van der Waals surface area contributed by atoms with Crippen molar-refractivity contribution < 1.29 is 24.3 Å². The van der Waals surface area contributed by atoms with Crippen LogP contribution >= 0.6 is 0 Å². The summed E-state index contributed by atoms with van der Waals surface area (Å²) in [4.78, 5) is 28.7. The van der Waals surface area contributed by atoms with Crippen LogP contribution in [-0.2, 0) is 27.6 Å². The van der Waals surface area contributed by atoms with Gasteiger partial charge in [-0.15, -0.1) is 0 Å². The molecule has 0 aromatic heterocycles. The Balaban J connectivity index is 1.72. The smallest absolute Gasteiger partial charge is 0.408 e. The van der Waals surface area contributed by atoms with Gasteiger partial charge in [-0.3, -0.25) is 9.63 Å². The molecule has 0 fully saturated rings. The van der Waals surface area contributed by atoms with Gasteiger partial charge in [0.25, 0.3) is 5.91 Å². The zero-order valence-electron chi connectivity index (χ0n) is 13.6. The average Bonchev–Trinajstić information content (AvgIpc) is 2.66. The minimum absolute atomic E-state index is 0.0664. The summed E-state index contributed by atoms with van der Waals surface area (Å²) in [6, 6.07) is 17.2. The molecule has 1 unspecified atom stereocenters. The number of nitrogens with one attached hydrogen (secondary N) is 2. The predicted molar refractivity (Wildman–Crippen MR) is 90.0 cm³/mol. The fourth-order valence-electron chi connectivity index (χ4n) is 1.94. The van der Waals surface area contributed by atoms with Crippen molar-refractivity contribution in [3.8, 4) is 0 Å². The van der Waals surface area contributed by atoms with Gasteiger partial charge in [0.2, 0.25) is 0 Å². The third-order valence-corrected chi connectivity index (χ3v) is 3.26. The first-order valence-electron chi connectivity index (χ1n) is 7.72. The highest BCUT2D eigenvalue weighted by atomic mass is 16.7. The quantitative estimate of drug-likeness (QED) is 0.631. The number of amides is 2. The topological polar surface area (TPSA) is 96.9 Å². The van der Waals surface area contributed by atoms with Gasteiger partial charge in [0, 0.05) is 0 Å². The summed E-state index contributed by atoms with van der Waals surface area (Å²) < 4.78 is 5.00. The van der Waals surface area contributed by atoms with Gasteiger partial charge in [0.1, 0.15) is 12.6 Å². The molecule has 3 N–H and O–H groups in total. The van der Waals surface area contributed by atoms with E-state index in [1.807, 2.05) is 48.5 Å². The highest BCUT2D eigenvalue weighted by Gasteiger charge is 2.20. The minimum Gasteiger partial charge on any atom is -0.445 e. The molecule has 0 aliphatic rings. The molecule has 0 heterocycles. The summed E-state index contributed by atoms with van der Waals surface area (Å²) in [6.07, 6.45) is -0.805. The Hall–Kier alpha value is -2.90. The van der Waals surface area contributed by atoms with E-state index in [2.05, 4.69) is 10.8 Å². The van der Waals surface area contributed by atoms with Crippen LogP contribution in [0.15, 0.2) is 60.7 Å². The highest BCUT2D eigenvalue weighted by Crippen LogP contribution is 2.01. The Bertz CT molecular complexity index is 664. The van der Waals surface area contributed by atoms with Gasteiger partial charge in [-0.25, -0.2) is 10.3 Å². The largest absolute Gasteiger partial charge is 0.445 e. The van der Waals surface area contributed by atoms with Crippen molar-refractivity contribution in [2.75, 3.05) is 6.61 Å². The molecule has 2 amide bonds. The minimum atomic E-state index is -1.17. The summed E-state index contributed by atoms with van der Waals surface area (Å²) in [5.41, 5.74) is 3.88. The van der Waals surface area contributed by atoms with E-state index in [-0.39, 0.29) is 13.2 Å². The second kappa shape index (κ2) is 10.1. The molecule has 132 valence electrons. The van der Waals surface area contributed by atoms with E-state index in [1.165, 1.54) is 0 Å². The van der Waals surface area contributed by atoms with Crippen molar-refractivity contribution in [3.05, 3.63) is 71.8 Å². The zero-order chi connectivity index (χ0) is 17.9. The standard InChI is InChI=1S/C18H20N2O5/c21-11-16(17(22)20-25-13-15-9-5-2-6-10-15)19-18(23)24-12-14-7-3-1-4-8-14/h1-10,16,21H,11-13H2,(H,19,23)(H,20,22). The third kappa shape index (κ3) is 6.62. The summed E-state index contributed by atoms with van der Waals surface area (Å²) in [6.45, 7) is -0.346. The van der Waals surface area contributed by atoms with E-state index in [0.717, 1.165) is 11.1 Å². The van der Waals surface area contributed by atoms with Gasteiger partial charge in [-0.05, 0) is 11.1 Å². The van der Waals surface area contributed by atoms with Crippen LogP contribution < -0.4 is 10.8 Å². The van der Waals surface area contributed by atoms with Crippen LogP contribution in [0.4, 0.5) is 4.79 Å². The Morgan fingerprint density at radius 2 is 1.48 bits per heavy atom. The number of aliphatic hydroxyl groups excluding tert-OH is 1. The summed E-state index contributed by atoms with van der Waals surface area (Å²) >= 11 is 0. The number of alkyl carbamates (subject to hydrolysis) is 1. The predicted octanol–water partition coefficient (Wildman–Crippen LogP) is 1.52. The Labute approximate surface area is 145 Å². The Morgan fingerprint density at radius 3 is 2.04 bits per heavy atom. The monoisotopic (exact) mass is 344 g/mol. The first-order chi connectivity index (χ1) is 12.2. The molecule has 0 saturated heterocycles. The van der Waals surface area contributed by atoms with Crippen molar-refractivity contribution >= 4 is 12.0 Å². The molecule has 7 heteroatoms. The molecule has 0 aliphatic carbocycles. The molecule has 0 radical (unpaired) electrons. The maximum absolute atomic E-state index is 11.9. The lowest BCUT2D eigenvalue weighted by Gasteiger charge is -2.16. The summed E-state index contributed by atoms with van der Waals surface area (Å²) in [7, 11) is 0. The second-order valence-electron chi connectivity index (χ2n) is 5.18. The number of benzene rings is 2. The van der Waals surface area contributed by atoms with Crippen LogP contribution in [0.2, 0.25) is 0 Å². The molecule has 25 heavy (non-hydrogen) atoms. The van der Waals surface area contributed by atoms with Crippen LogP contribution in [-0.4, -0.2) is 29.8 Å².